The number of alkyl halides is 12. The highest BCUT2D eigenvalue weighted by Gasteiger charge is 2.58. The van der Waals surface area contributed by atoms with Crippen LogP contribution in [0.3, 0.4) is 0 Å². The number of aromatic hydroxyl groups is 2. The van der Waals surface area contributed by atoms with E-state index >= 15 is 0 Å². The Hall–Kier alpha value is -4.20. The minimum Gasteiger partial charge on any atom is -0.508 e. The molecule has 0 aliphatic rings. The number of aliphatic carboxylic acids is 1. The lowest BCUT2D eigenvalue weighted by molar-refractivity contribution is -0.285. The standard InChI is InChI=1S/C11H8F6O4.C6H6O3.C5H4F6O2.CH4/c1-4-2-5(18)8(9(20)21-4)6(19)3-7(10(12,13)14)11(15,16)17;1-4-2-5(7)3-6(8)9-4;6-4(7,8)2(1-3(12)13)5(9,10)11;/h2,7,18H,3H2,1H3;2-3,7H,1H3;2H,1H2,(H,12,13);1H4. The van der Waals surface area contributed by atoms with Crippen LogP contribution >= 0.6 is 0 Å². The van der Waals surface area contributed by atoms with E-state index in [1.165, 1.54) is 13.0 Å². The molecule has 0 unspecified atom stereocenters. The van der Waals surface area contributed by atoms with Gasteiger partial charge in [0, 0.05) is 18.6 Å². The fraction of sp³-hybridized carbons (Fsp3) is 0.478. The van der Waals surface area contributed by atoms with Crippen LogP contribution in [0.4, 0.5) is 52.7 Å². The van der Waals surface area contributed by atoms with Crippen molar-refractivity contribution in [1.29, 1.82) is 0 Å². The van der Waals surface area contributed by atoms with Gasteiger partial charge in [-0.2, -0.15) is 52.7 Å². The lowest BCUT2D eigenvalue weighted by atomic mass is 9.97. The molecule has 3 N–H and O–H groups in total. The zero-order valence-electron chi connectivity index (χ0n) is 21.1. The van der Waals surface area contributed by atoms with Crippen molar-refractivity contribution in [2.75, 3.05) is 0 Å². The molecule has 2 aromatic rings. The van der Waals surface area contributed by atoms with Crippen molar-refractivity contribution < 1.29 is 86.4 Å². The Morgan fingerprint density at radius 1 is 0.705 bits per heavy atom. The average Bonchev–Trinajstić information content (AvgIpc) is 2.72. The first kappa shape index (κ1) is 41.9. The van der Waals surface area contributed by atoms with Crippen LogP contribution < -0.4 is 11.3 Å². The molecule has 0 aliphatic carbocycles. The van der Waals surface area contributed by atoms with Crippen molar-refractivity contribution in [2.45, 2.75) is 58.8 Å². The number of aryl methyl sites for hydroxylation is 2. The molecule has 0 aromatic carbocycles. The SMILES string of the molecule is C.Cc1cc(O)c(C(=O)CC(C(F)(F)F)C(F)(F)F)c(=O)o1.Cc1cc(O)cc(=O)o1.O=C(O)CC(C(F)(F)F)C(F)(F)F. The molecule has 2 rings (SSSR count). The molecule has 0 radical (unpaired) electrons. The number of carboxylic acids is 1. The smallest absolute Gasteiger partial charge is 0.401 e. The van der Waals surface area contributed by atoms with Gasteiger partial charge in [0.15, 0.2) is 17.6 Å². The van der Waals surface area contributed by atoms with E-state index in [1.807, 2.05) is 0 Å². The third-order valence-electron chi connectivity index (χ3n) is 4.56. The van der Waals surface area contributed by atoms with E-state index in [-0.39, 0.29) is 18.9 Å². The molecular weight excluding hydrogens is 648 g/mol. The Morgan fingerprint density at radius 2 is 1.09 bits per heavy atom. The Balaban J connectivity index is 0. The molecule has 0 atom stereocenters. The van der Waals surface area contributed by atoms with Gasteiger partial charge in [-0.1, -0.05) is 7.43 Å². The quantitative estimate of drug-likeness (QED) is 0.240. The monoisotopic (exact) mass is 670 g/mol. The molecule has 21 heteroatoms. The highest BCUT2D eigenvalue weighted by atomic mass is 19.4. The number of carbonyl (C=O) groups excluding carboxylic acids is 1. The average molecular weight is 670 g/mol. The van der Waals surface area contributed by atoms with Crippen LogP contribution in [0.1, 0.15) is 42.1 Å². The topological polar surface area (TPSA) is 155 Å². The lowest BCUT2D eigenvalue weighted by Gasteiger charge is -2.22. The van der Waals surface area contributed by atoms with Crippen molar-refractivity contribution in [3.8, 4) is 11.5 Å². The zero-order chi connectivity index (χ0) is 34.3. The summed E-state index contributed by atoms with van der Waals surface area (Å²) in [5, 5.41) is 25.9. The van der Waals surface area contributed by atoms with Crippen molar-refractivity contribution in [3.63, 3.8) is 0 Å². The molecule has 0 aliphatic heterocycles. The summed E-state index contributed by atoms with van der Waals surface area (Å²) in [6.07, 6.45) is -26.6. The van der Waals surface area contributed by atoms with Gasteiger partial charge in [-0.15, -0.1) is 0 Å². The molecule has 0 spiro atoms. The fourth-order valence-electron chi connectivity index (χ4n) is 2.74. The van der Waals surface area contributed by atoms with Crippen molar-refractivity contribution >= 4 is 11.8 Å². The predicted octanol–water partition coefficient (Wildman–Crippen LogP) is 6.46. The molecule has 0 bridgehead atoms. The van der Waals surface area contributed by atoms with E-state index in [0.717, 1.165) is 12.1 Å². The van der Waals surface area contributed by atoms with Gasteiger partial charge in [0.25, 0.3) is 0 Å². The number of carbonyl (C=O) groups is 2. The third-order valence-corrected chi connectivity index (χ3v) is 4.56. The zero-order valence-corrected chi connectivity index (χ0v) is 21.1. The number of Topliss-reactive ketones (excluding diaryl/α,β-unsaturated/α-hetero) is 1. The molecule has 44 heavy (non-hydrogen) atoms. The summed E-state index contributed by atoms with van der Waals surface area (Å²) >= 11 is 0. The Kier molecular flexibility index (Phi) is 14.8. The number of rotatable bonds is 5. The summed E-state index contributed by atoms with van der Waals surface area (Å²) in [5.41, 5.74) is -3.26. The fourth-order valence-corrected chi connectivity index (χ4v) is 2.74. The Bertz CT molecular complexity index is 1320. The number of ketones is 1. The van der Waals surface area contributed by atoms with E-state index in [2.05, 4.69) is 8.83 Å². The molecule has 9 nitrogen and oxygen atoms in total. The normalized spacial score (nSPS) is 12.0. The summed E-state index contributed by atoms with van der Waals surface area (Å²) in [4.78, 5) is 42.8. The van der Waals surface area contributed by atoms with Gasteiger partial charge in [0.2, 0.25) is 0 Å². The largest absolute Gasteiger partial charge is 0.508 e. The van der Waals surface area contributed by atoms with Crippen LogP contribution in [0.5, 0.6) is 11.5 Å². The first-order valence-corrected chi connectivity index (χ1v) is 10.7. The van der Waals surface area contributed by atoms with Gasteiger partial charge >= 0.3 is 41.9 Å². The number of hydrogen-bond donors (Lipinski definition) is 3. The summed E-state index contributed by atoms with van der Waals surface area (Å²) in [5.74, 6) is -12.5. The van der Waals surface area contributed by atoms with E-state index < -0.39 is 83.7 Å². The molecule has 0 fully saturated rings. The highest BCUT2D eigenvalue weighted by Crippen LogP contribution is 2.42. The molecule has 0 saturated heterocycles. The number of hydrogen-bond acceptors (Lipinski definition) is 8. The lowest BCUT2D eigenvalue weighted by Crippen LogP contribution is -2.38. The maximum atomic E-state index is 12.3. The van der Waals surface area contributed by atoms with Crippen molar-refractivity contribution in [3.05, 3.63) is 56.1 Å². The minimum absolute atomic E-state index is 0. The molecule has 2 heterocycles. The van der Waals surface area contributed by atoms with Crippen LogP contribution in [0.2, 0.25) is 0 Å². The molecule has 252 valence electrons. The Labute approximate surface area is 237 Å². The summed E-state index contributed by atoms with van der Waals surface area (Å²) in [6, 6.07) is 3.14. The Morgan fingerprint density at radius 3 is 1.39 bits per heavy atom. The van der Waals surface area contributed by atoms with Crippen LogP contribution in [-0.4, -0.2) is 51.8 Å². The van der Waals surface area contributed by atoms with Crippen LogP contribution in [0, 0.1) is 25.7 Å². The minimum atomic E-state index is -5.71. The maximum Gasteiger partial charge on any atom is 0.401 e. The van der Waals surface area contributed by atoms with Gasteiger partial charge in [0.05, 0.1) is 12.5 Å². The summed E-state index contributed by atoms with van der Waals surface area (Å²) < 4.78 is 152. The third kappa shape index (κ3) is 14.3. The number of halogens is 12. The maximum absolute atomic E-state index is 12.3. The van der Waals surface area contributed by atoms with Crippen molar-refractivity contribution in [2.24, 2.45) is 11.8 Å². The van der Waals surface area contributed by atoms with E-state index in [4.69, 9.17) is 10.2 Å². The van der Waals surface area contributed by atoms with E-state index in [9.17, 15) is 77.0 Å². The van der Waals surface area contributed by atoms with Crippen LogP contribution in [-0.2, 0) is 4.79 Å². The van der Waals surface area contributed by atoms with Crippen LogP contribution in [0.15, 0.2) is 36.6 Å². The highest BCUT2D eigenvalue weighted by molar-refractivity contribution is 5.98. The predicted molar refractivity (Wildman–Crippen MR) is 122 cm³/mol. The van der Waals surface area contributed by atoms with Crippen molar-refractivity contribution in [1.82, 2.24) is 0 Å². The molecule has 2 aromatic heterocycles. The van der Waals surface area contributed by atoms with Gasteiger partial charge in [-0.05, 0) is 13.8 Å². The van der Waals surface area contributed by atoms with E-state index in [0.29, 0.717) is 5.76 Å². The van der Waals surface area contributed by atoms with Gasteiger partial charge in [0.1, 0.15) is 28.6 Å². The van der Waals surface area contributed by atoms with E-state index in [1.54, 1.807) is 6.92 Å². The summed E-state index contributed by atoms with van der Waals surface area (Å²) in [7, 11) is 0. The molecule has 0 saturated carbocycles. The second-order valence-electron chi connectivity index (χ2n) is 8.15. The first-order chi connectivity index (χ1) is 19.1. The van der Waals surface area contributed by atoms with Gasteiger partial charge in [-0.3, -0.25) is 9.59 Å². The first-order valence-electron chi connectivity index (χ1n) is 10.7. The second-order valence-corrected chi connectivity index (χ2v) is 8.15. The molecular formula is C23H22F12O9. The van der Waals surface area contributed by atoms with Crippen LogP contribution in [0.25, 0.3) is 0 Å². The van der Waals surface area contributed by atoms with Gasteiger partial charge in [-0.25, -0.2) is 9.59 Å². The summed E-state index contributed by atoms with van der Waals surface area (Å²) in [6.45, 7) is 2.80. The van der Waals surface area contributed by atoms with Gasteiger partial charge < -0.3 is 24.2 Å². The molecule has 0 amide bonds. The number of carboxylic acid groups (broad SMARTS) is 1. The second kappa shape index (κ2) is 15.5.